The van der Waals surface area contributed by atoms with Crippen LogP contribution in [0.3, 0.4) is 0 Å². The van der Waals surface area contributed by atoms with E-state index in [0.29, 0.717) is 12.6 Å². The normalized spacial score (nSPS) is 14.9. The van der Waals surface area contributed by atoms with Crippen LogP contribution in [0.2, 0.25) is 0 Å². The van der Waals surface area contributed by atoms with E-state index in [9.17, 15) is 4.79 Å². The minimum atomic E-state index is -0.688. The number of hydrogen-bond donors (Lipinski definition) is 1. The van der Waals surface area contributed by atoms with Crippen molar-refractivity contribution in [2.24, 2.45) is 5.92 Å². The summed E-state index contributed by atoms with van der Waals surface area (Å²) >= 11 is 0. The highest BCUT2D eigenvalue weighted by Gasteiger charge is 2.19. The number of unbranched alkanes of at least 4 members (excludes halogenated alkanes) is 3. The summed E-state index contributed by atoms with van der Waals surface area (Å²) in [6.45, 7) is 10.1. The van der Waals surface area contributed by atoms with Crippen molar-refractivity contribution in [3.63, 3.8) is 0 Å². The summed E-state index contributed by atoms with van der Waals surface area (Å²) in [5, 5.41) is 8.97. The Morgan fingerprint density at radius 2 is 1.82 bits per heavy atom. The zero-order chi connectivity index (χ0) is 13.3. The fraction of sp³-hybridized carbons (Fsp3) is 0.929. The molecule has 0 aliphatic rings. The highest BCUT2D eigenvalue weighted by molar-refractivity contribution is 5.69. The molecule has 2 atom stereocenters. The maximum atomic E-state index is 10.9. The Kier molecular flexibility index (Phi) is 9.14. The van der Waals surface area contributed by atoms with E-state index in [4.69, 9.17) is 5.11 Å². The highest BCUT2D eigenvalue weighted by atomic mass is 16.4. The molecule has 0 fully saturated rings. The van der Waals surface area contributed by atoms with Crippen molar-refractivity contribution in [2.45, 2.75) is 65.8 Å². The van der Waals surface area contributed by atoms with Gasteiger partial charge in [-0.2, -0.15) is 0 Å². The second-order valence-electron chi connectivity index (χ2n) is 5.05. The van der Waals surface area contributed by atoms with Crippen LogP contribution in [0.15, 0.2) is 0 Å². The van der Waals surface area contributed by atoms with Gasteiger partial charge in [0.1, 0.15) is 0 Å². The Bertz CT molecular complexity index is 206. The molecule has 0 aromatic rings. The first-order valence-electron chi connectivity index (χ1n) is 6.99. The summed E-state index contributed by atoms with van der Waals surface area (Å²) < 4.78 is 0. The molecule has 3 nitrogen and oxygen atoms in total. The van der Waals surface area contributed by atoms with E-state index in [2.05, 4.69) is 25.7 Å². The summed E-state index contributed by atoms with van der Waals surface area (Å²) in [7, 11) is 0. The van der Waals surface area contributed by atoms with Gasteiger partial charge in [0, 0.05) is 12.6 Å². The molecule has 0 aromatic heterocycles. The van der Waals surface area contributed by atoms with Crippen molar-refractivity contribution in [2.75, 3.05) is 13.1 Å². The van der Waals surface area contributed by atoms with Crippen LogP contribution in [-0.4, -0.2) is 35.1 Å². The number of carboxylic acid groups (broad SMARTS) is 1. The molecule has 1 N–H and O–H groups in total. The van der Waals surface area contributed by atoms with Gasteiger partial charge in [0.15, 0.2) is 0 Å². The minimum absolute atomic E-state index is 0.268. The largest absolute Gasteiger partial charge is 0.481 e. The van der Waals surface area contributed by atoms with Gasteiger partial charge in [0.05, 0.1) is 5.92 Å². The highest BCUT2D eigenvalue weighted by Crippen LogP contribution is 2.10. The average Bonchev–Trinajstić information content (AvgIpc) is 2.31. The quantitative estimate of drug-likeness (QED) is 0.598. The van der Waals surface area contributed by atoms with Crippen LogP contribution in [-0.2, 0) is 4.79 Å². The molecule has 17 heavy (non-hydrogen) atoms. The maximum absolute atomic E-state index is 10.9. The van der Waals surface area contributed by atoms with Gasteiger partial charge in [0.2, 0.25) is 0 Å². The van der Waals surface area contributed by atoms with Crippen molar-refractivity contribution in [1.29, 1.82) is 0 Å². The van der Waals surface area contributed by atoms with Crippen LogP contribution in [0.4, 0.5) is 0 Å². The van der Waals surface area contributed by atoms with Gasteiger partial charge in [-0.25, -0.2) is 0 Å². The molecule has 0 aliphatic heterocycles. The first-order valence-corrected chi connectivity index (χ1v) is 6.99. The maximum Gasteiger partial charge on any atom is 0.307 e. The lowest BCUT2D eigenvalue weighted by Gasteiger charge is -2.29. The van der Waals surface area contributed by atoms with Gasteiger partial charge in [-0.3, -0.25) is 9.69 Å². The van der Waals surface area contributed by atoms with Gasteiger partial charge in [-0.05, 0) is 26.3 Å². The molecule has 0 saturated carbocycles. The molecule has 0 spiro atoms. The van der Waals surface area contributed by atoms with Crippen molar-refractivity contribution in [3.8, 4) is 0 Å². The SMILES string of the molecule is CCCCCCN(CC(C)C(=O)O)C(C)CC. The van der Waals surface area contributed by atoms with Crippen LogP contribution in [0.1, 0.15) is 59.8 Å². The number of carbonyl (C=O) groups is 1. The molecule has 0 radical (unpaired) electrons. The number of aliphatic carboxylic acids is 1. The molecule has 102 valence electrons. The standard InChI is InChI=1S/C14H29NO2/c1-5-7-8-9-10-15(13(4)6-2)11-12(3)14(16)17/h12-13H,5-11H2,1-4H3,(H,16,17). The second kappa shape index (κ2) is 9.46. The predicted molar refractivity (Wildman–Crippen MR) is 72.3 cm³/mol. The Morgan fingerprint density at radius 1 is 1.18 bits per heavy atom. The smallest absolute Gasteiger partial charge is 0.307 e. The van der Waals surface area contributed by atoms with Gasteiger partial charge in [0.25, 0.3) is 0 Å². The molecule has 0 amide bonds. The van der Waals surface area contributed by atoms with Crippen molar-refractivity contribution < 1.29 is 9.90 Å². The van der Waals surface area contributed by atoms with Gasteiger partial charge in [-0.15, -0.1) is 0 Å². The third-order valence-electron chi connectivity index (χ3n) is 3.44. The molecule has 0 heterocycles. The first-order chi connectivity index (χ1) is 8.02. The number of rotatable bonds is 10. The Hall–Kier alpha value is -0.570. The Balaban J connectivity index is 4.09. The van der Waals surface area contributed by atoms with E-state index in [1.807, 2.05) is 0 Å². The fourth-order valence-electron chi connectivity index (χ4n) is 1.92. The summed E-state index contributed by atoms with van der Waals surface area (Å²) in [5.41, 5.74) is 0. The van der Waals surface area contributed by atoms with E-state index in [-0.39, 0.29) is 5.92 Å². The molecule has 0 aromatic carbocycles. The van der Waals surface area contributed by atoms with Crippen LogP contribution in [0.25, 0.3) is 0 Å². The number of carboxylic acids is 1. The van der Waals surface area contributed by atoms with Crippen molar-refractivity contribution in [3.05, 3.63) is 0 Å². The lowest BCUT2D eigenvalue weighted by Crippen LogP contribution is -2.38. The van der Waals surface area contributed by atoms with E-state index in [0.717, 1.165) is 13.0 Å². The third-order valence-corrected chi connectivity index (χ3v) is 3.44. The average molecular weight is 243 g/mol. The molecule has 0 aliphatic carbocycles. The van der Waals surface area contributed by atoms with Crippen molar-refractivity contribution in [1.82, 2.24) is 4.90 Å². The molecule has 3 heteroatoms. The van der Waals surface area contributed by atoms with Crippen LogP contribution in [0.5, 0.6) is 0 Å². The first kappa shape index (κ1) is 16.4. The zero-order valence-corrected chi connectivity index (χ0v) is 11.9. The van der Waals surface area contributed by atoms with Crippen molar-refractivity contribution >= 4 is 5.97 Å². The van der Waals surface area contributed by atoms with E-state index in [1.54, 1.807) is 6.92 Å². The molecule has 2 unspecified atom stereocenters. The number of nitrogens with zero attached hydrogens (tertiary/aromatic N) is 1. The van der Waals surface area contributed by atoms with E-state index < -0.39 is 5.97 Å². The lowest BCUT2D eigenvalue weighted by atomic mass is 10.1. The number of hydrogen-bond acceptors (Lipinski definition) is 2. The molecule has 0 bridgehead atoms. The predicted octanol–water partition coefficient (Wildman–Crippen LogP) is 3.39. The lowest BCUT2D eigenvalue weighted by molar-refractivity contribution is -0.141. The summed E-state index contributed by atoms with van der Waals surface area (Å²) in [6, 6.07) is 0.485. The zero-order valence-electron chi connectivity index (χ0n) is 11.9. The van der Waals surface area contributed by atoms with Crippen LogP contribution in [0, 0.1) is 5.92 Å². The van der Waals surface area contributed by atoms with E-state index in [1.165, 1.54) is 25.7 Å². The molecule has 0 saturated heterocycles. The fourth-order valence-corrected chi connectivity index (χ4v) is 1.92. The summed E-state index contributed by atoms with van der Waals surface area (Å²) in [5.74, 6) is -0.956. The van der Waals surface area contributed by atoms with Gasteiger partial charge >= 0.3 is 5.97 Å². The molecule has 0 rings (SSSR count). The van der Waals surface area contributed by atoms with E-state index >= 15 is 0 Å². The third kappa shape index (κ3) is 7.37. The van der Waals surface area contributed by atoms with Gasteiger partial charge in [-0.1, -0.05) is 40.0 Å². The summed E-state index contributed by atoms with van der Waals surface area (Å²) in [6.07, 6.45) is 6.05. The monoisotopic (exact) mass is 243 g/mol. The van der Waals surface area contributed by atoms with Crippen LogP contribution < -0.4 is 0 Å². The Morgan fingerprint density at radius 3 is 2.29 bits per heavy atom. The van der Waals surface area contributed by atoms with Gasteiger partial charge < -0.3 is 5.11 Å². The minimum Gasteiger partial charge on any atom is -0.481 e. The second-order valence-corrected chi connectivity index (χ2v) is 5.05. The van der Waals surface area contributed by atoms with Crippen LogP contribution >= 0.6 is 0 Å². The molecular formula is C14H29NO2. The molecular weight excluding hydrogens is 214 g/mol. The Labute approximate surface area is 106 Å². The topological polar surface area (TPSA) is 40.5 Å². The summed E-state index contributed by atoms with van der Waals surface area (Å²) in [4.78, 5) is 13.2.